The first-order valence-electron chi connectivity index (χ1n) is 4.90. The maximum Gasteiger partial charge on any atom is 0.407 e. The van der Waals surface area contributed by atoms with Crippen molar-refractivity contribution >= 4 is 6.09 Å². The van der Waals surface area contributed by atoms with Crippen LogP contribution >= 0.6 is 0 Å². The highest BCUT2D eigenvalue weighted by Gasteiger charge is 2.02. The molecule has 0 fully saturated rings. The van der Waals surface area contributed by atoms with Crippen LogP contribution in [-0.4, -0.2) is 29.2 Å². The number of carboxylic acid groups (broad SMARTS) is 1. The molecule has 0 aliphatic heterocycles. The lowest BCUT2D eigenvalue weighted by Gasteiger charge is -2.12. The first kappa shape index (κ1) is 14.3. The predicted molar refractivity (Wildman–Crippen MR) is 57.3 cm³/mol. The fourth-order valence-corrected chi connectivity index (χ4v) is 0.924. The van der Waals surface area contributed by atoms with E-state index >= 15 is 0 Å². The van der Waals surface area contributed by atoms with Crippen molar-refractivity contribution in [2.75, 3.05) is 13.1 Å². The van der Waals surface area contributed by atoms with Gasteiger partial charge in [-0.3, -0.25) is 0 Å². The summed E-state index contributed by atoms with van der Waals surface area (Å²) in [6.07, 6.45) is -0.838. The van der Waals surface area contributed by atoms with Crippen LogP contribution in [0.2, 0.25) is 0 Å². The Labute approximate surface area is 93.3 Å². The number of halogens is 2. The molecule has 0 heterocycles. The van der Waals surface area contributed by atoms with Gasteiger partial charge in [-0.05, 0) is 38.1 Å². The fourth-order valence-electron chi connectivity index (χ4n) is 0.924. The first-order chi connectivity index (χ1) is 7.51. The van der Waals surface area contributed by atoms with Crippen molar-refractivity contribution in [3.05, 3.63) is 35.9 Å². The Kier molecular flexibility index (Phi) is 6.83. The SMILES string of the molecule is CCN(CC)C(=O)O.Fc1ccc(F)cc1. The highest BCUT2D eigenvalue weighted by Crippen LogP contribution is 1.98. The summed E-state index contributed by atoms with van der Waals surface area (Å²) < 4.78 is 23.8. The second-order valence-electron chi connectivity index (χ2n) is 2.89. The minimum absolute atomic E-state index is 0.411. The number of hydrogen-bond acceptors (Lipinski definition) is 1. The molecule has 0 radical (unpaired) electrons. The number of hydrogen-bond donors (Lipinski definition) is 1. The molecule has 1 amide bonds. The van der Waals surface area contributed by atoms with Gasteiger partial charge in [0.1, 0.15) is 11.6 Å². The van der Waals surface area contributed by atoms with E-state index in [1.165, 1.54) is 4.90 Å². The summed E-state index contributed by atoms with van der Waals surface area (Å²) in [7, 11) is 0. The summed E-state index contributed by atoms with van der Waals surface area (Å²) in [5, 5.41) is 8.30. The molecule has 16 heavy (non-hydrogen) atoms. The number of benzene rings is 1. The van der Waals surface area contributed by atoms with Crippen LogP contribution in [0, 0.1) is 11.6 Å². The summed E-state index contributed by atoms with van der Waals surface area (Å²) in [5.41, 5.74) is 0. The Morgan fingerprint density at radius 1 is 1.12 bits per heavy atom. The van der Waals surface area contributed by atoms with E-state index in [1.807, 2.05) is 13.8 Å². The van der Waals surface area contributed by atoms with E-state index in [0.29, 0.717) is 13.1 Å². The largest absolute Gasteiger partial charge is 0.465 e. The quantitative estimate of drug-likeness (QED) is 0.850. The molecule has 1 rings (SSSR count). The molecule has 0 aliphatic rings. The Morgan fingerprint density at radius 3 is 1.56 bits per heavy atom. The van der Waals surface area contributed by atoms with E-state index in [4.69, 9.17) is 5.11 Å². The predicted octanol–water partition coefficient (Wildman–Crippen LogP) is 2.97. The lowest BCUT2D eigenvalue weighted by atomic mass is 10.3. The summed E-state index contributed by atoms with van der Waals surface area (Å²) in [4.78, 5) is 11.4. The van der Waals surface area contributed by atoms with Gasteiger partial charge in [-0.2, -0.15) is 0 Å². The lowest BCUT2D eigenvalue weighted by molar-refractivity contribution is 0.150. The molecule has 3 nitrogen and oxygen atoms in total. The van der Waals surface area contributed by atoms with Gasteiger partial charge >= 0.3 is 6.09 Å². The Balaban J connectivity index is 0.000000281. The van der Waals surface area contributed by atoms with Crippen molar-refractivity contribution in [3.8, 4) is 0 Å². The third-order valence-electron chi connectivity index (χ3n) is 1.84. The second kappa shape index (κ2) is 7.62. The first-order valence-corrected chi connectivity index (χ1v) is 4.90. The van der Waals surface area contributed by atoms with Gasteiger partial charge in [0.05, 0.1) is 0 Å². The average Bonchev–Trinajstić information content (AvgIpc) is 2.25. The van der Waals surface area contributed by atoms with Crippen molar-refractivity contribution in [1.29, 1.82) is 0 Å². The number of nitrogens with zero attached hydrogens (tertiary/aromatic N) is 1. The van der Waals surface area contributed by atoms with Gasteiger partial charge in [0.25, 0.3) is 0 Å². The molecule has 0 bridgehead atoms. The van der Waals surface area contributed by atoms with Crippen LogP contribution in [0.4, 0.5) is 13.6 Å². The van der Waals surface area contributed by atoms with Gasteiger partial charge in [-0.25, -0.2) is 13.6 Å². The molecule has 0 aliphatic carbocycles. The molecule has 0 unspecified atom stereocenters. The van der Waals surface area contributed by atoms with Gasteiger partial charge in [0.15, 0.2) is 0 Å². The molecule has 0 aromatic heterocycles. The molecule has 5 heteroatoms. The Morgan fingerprint density at radius 2 is 1.44 bits per heavy atom. The standard InChI is InChI=1S/C6H4F2.C5H11NO2/c7-5-1-2-6(8)4-3-5;1-3-6(4-2)5(7)8/h1-4H;3-4H2,1-2H3,(H,7,8). The summed E-state index contributed by atoms with van der Waals surface area (Å²) in [6.45, 7) is 4.78. The van der Waals surface area contributed by atoms with Gasteiger partial charge in [0.2, 0.25) is 0 Å². The average molecular weight is 231 g/mol. The van der Waals surface area contributed by atoms with Crippen LogP contribution in [0.5, 0.6) is 0 Å². The summed E-state index contributed by atoms with van der Waals surface area (Å²) in [6, 6.07) is 4.31. The zero-order valence-electron chi connectivity index (χ0n) is 9.28. The normalized spacial score (nSPS) is 9.00. The molecule has 1 aromatic carbocycles. The Bertz CT molecular complexity index is 289. The molecular formula is C11H15F2NO2. The zero-order valence-corrected chi connectivity index (χ0v) is 9.28. The van der Waals surface area contributed by atoms with Gasteiger partial charge < -0.3 is 10.0 Å². The maximum absolute atomic E-state index is 11.9. The van der Waals surface area contributed by atoms with E-state index < -0.39 is 17.7 Å². The minimum Gasteiger partial charge on any atom is -0.465 e. The number of rotatable bonds is 2. The highest BCUT2D eigenvalue weighted by atomic mass is 19.1. The van der Waals surface area contributed by atoms with E-state index in [9.17, 15) is 13.6 Å². The van der Waals surface area contributed by atoms with E-state index in [2.05, 4.69) is 0 Å². The molecule has 0 spiro atoms. The molecule has 90 valence electrons. The van der Waals surface area contributed by atoms with Crippen molar-refractivity contribution < 1.29 is 18.7 Å². The smallest absolute Gasteiger partial charge is 0.407 e. The molecule has 0 atom stereocenters. The number of amides is 1. The van der Waals surface area contributed by atoms with Crippen LogP contribution in [0.15, 0.2) is 24.3 Å². The van der Waals surface area contributed by atoms with Crippen LogP contribution in [0.1, 0.15) is 13.8 Å². The summed E-state index contributed by atoms with van der Waals surface area (Å²) in [5.74, 6) is -0.821. The van der Waals surface area contributed by atoms with Crippen molar-refractivity contribution in [3.63, 3.8) is 0 Å². The molecule has 1 aromatic rings. The highest BCUT2D eigenvalue weighted by molar-refractivity contribution is 5.64. The van der Waals surface area contributed by atoms with Crippen molar-refractivity contribution in [2.24, 2.45) is 0 Å². The van der Waals surface area contributed by atoms with Crippen molar-refractivity contribution in [2.45, 2.75) is 13.8 Å². The van der Waals surface area contributed by atoms with E-state index in [0.717, 1.165) is 24.3 Å². The number of carbonyl (C=O) groups is 1. The third kappa shape index (κ3) is 5.95. The lowest BCUT2D eigenvalue weighted by Crippen LogP contribution is -2.28. The van der Waals surface area contributed by atoms with Gasteiger partial charge in [0, 0.05) is 13.1 Å². The third-order valence-corrected chi connectivity index (χ3v) is 1.84. The molecule has 0 saturated carbocycles. The van der Waals surface area contributed by atoms with Crippen LogP contribution in [0.25, 0.3) is 0 Å². The zero-order chi connectivity index (χ0) is 12.6. The van der Waals surface area contributed by atoms with E-state index in [1.54, 1.807) is 0 Å². The Hall–Kier alpha value is -1.65. The summed E-state index contributed by atoms with van der Waals surface area (Å²) >= 11 is 0. The monoisotopic (exact) mass is 231 g/mol. The molecule has 0 saturated heterocycles. The van der Waals surface area contributed by atoms with Gasteiger partial charge in [-0.15, -0.1) is 0 Å². The van der Waals surface area contributed by atoms with Crippen LogP contribution in [0.3, 0.4) is 0 Å². The van der Waals surface area contributed by atoms with Crippen molar-refractivity contribution in [1.82, 2.24) is 4.90 Å². The molecule has 1 N–H and O–H groups in total. The van der Waals surface area contributed by atoms with E-state index in [-0.39, 0.29) is 0 Å². The van der Waals surface area contributed by atoms with Gasteiger partial charge in [-0.1, -0.05) is 0 Å². The minimum atomic E-state index is -0.838. The molecular weight excluding hydrogens is 216 g/mol. The second-order valence-corrected chi connectivity index (χ2v) is 2.89. The van der Waals surface area contributed by atoms with Crippen LogP contribution in [-0.2, 0) is 0 Å². The topological polar surface area (TPSA) is 40.5 Å². The fraction of sp³-hybridized carbons (Fsp3) is 0.364. The maximum atomic E-state index is 11.9. The van der Waals surface area contributed by atoms with Crippen LogP contribution < -0.4 is 0 Å².